The molecule has 2 N–H and O–H groups in total. The van der Waals surface area contributed by atoms with Gasteiger partial charge in [-0.1, -0.05) is 6.92 Å². The molecule has 2 fully saturated rings. The Balaban J connectivity index is 1.50. The third kappa shape index (κ3) is 3.77. The minimum absolute atomic E-state index is 0.00702. The van der Waals surface area contributed by atoms with Crippen molar-refractivity contribution in [1.29, 1.82) is 0 Å². The third-order valence-electron chi connectivity index (χ3n) is 5.24. The van der Waals surface area contributed by atoms with Crippen LogP contribution in [0.15, 0.2) is 12.4 Å². The van der Waals surface area contributed by atoms with Crippen LogP contribution in [0.3, 0.4) is 0 Å². The summed E-state index contributed by atoms with van der Waals surface area (Å²) in [4.78, 5) is 26.5. The van der Waals surface area contributed by atoms with Crippen LogP contribution in [-0.2, 0) is 16.6 Å². The molecule has 7 heteroatoms. The number of nitrogens with zero attached hydrogens (tertiary/aromatic N) is 3. The summed E-state index contributed by atoms with van der Waals surface area (Å²) >= 11 is 0. The van der Waals surface area contributed by atoms with E-state index in [1.807, 2.05) is 13.2 Å². The molecule has 2 aliphatic heterocycles. The number of amides is 2. The van der Waals surface area contributed by atoms with Crippen LogP contribution in [0.25, 0.3) is 0 Å². The van der Waals surface area contributed by atoms with E-state index in [0.29, 0.717) is 31.2 Å². The Labute approximate surface area is 142 Å². The van der Waals surface area contributed by atoms with E-state index in [0.717, 1.165) is 31.6 Å². The molecule has 2 atom stereocenters. The van der Waals surface area contributed by atoms with Crippen molar-refractivity contribution in [2.24, 2.45) is 18.9 Å². The molecular formula is C17H27N5O2. The van der Waals surface area contributed by atoms with E-state index in [1.165, 1.54) is 0 Å². The van der Waals surface area contributed by atoms with Crippen LogP contribution in [0.2, 0.25) is 0 Å². The smallest absolute Gasteiger partial charge is 0.249 e. The quantitative estimate of drug-likeness (QED) is 0.830. The molecule has 7 nitrogen and oxygen atoms in total. The fourth-order valence-corrected chi connectivity index (χ4v) is 3.74. The maximum Gasteiger partial charge on any atom is 0.249 e. The molecule has 0 saturated carbocycles. The monoisotopic (exact) mass is 333 g/mol. The molecule has 24 heavy (non-hydrogen) atoms. The Hall–Kier alpha value is -1.89. The molecule has 1 aromatic rings. The van der Waals surface area contributed by atoms with Gasteiger partial charge < -0.3 is 15.5 Å². The fourth-order valence-electron chi connectivity index (χ4n) is 3.74. The molecule has 0 aliphatic carbocycles. The van der Waals surface area contributed by atoms with Crippen LogP contribution >= 0.6 is 0 Å². The van der Waals surface area contributed by atoms with Gasteiger partial charge in [0.1, 0.15) is 6.04 Å². The Morgan fingerprint density at radius 1 is 1.42 bits per heavy atom. The van der Waals surface area contributed by atoms with Crippen molar-refractivity contribution in [2.75, 3.05) is 24.5 Å². The highest BCUT2D eigenvalue weighted by Gasteiger charge is 2.34. The van der Waals surface area contributed by atoms with Gasteiger partial charge in [0.15, 0.2) is 0 Å². The summed E-state index contributed by atoms with van der Waals surface area (Å²) in [7, 11) is 1.82. The third-order valence-corrected chi connectivity index (χ3v) is 5.24. The second kappa shape index (κ2) is 7.34. The van der Waals surface area contributed by atoms with Gasteiger partial charge in [-0.2, -0.15) is 5.10 Å². The Bertz CT molecular complexity index is 594. The normalized spacial score (nSPS) is 23.5. The van der Waals surface area contributed by atoms with E-state index in [1.54, 1.807) is 15.8 Å². The zero-order valence-electron chi connectivity index (χ0n) is 14.5. The van der Waals surface area contributed by atoms with E-state index in [4.69, 9.17) is 0 Å². The lowest BCUT2D eigenvalue weighted by Gasteiger charge is -2.28. The van der Waals surface area contributed by atoms with Crippen LogP contribution in [0.5, 0.6) is 0 Å². The second-order valence-corrected chi connectivity index (χ2v) is 7.04. The van der Waals surface area contributed by atoms with Crippen LogP contribution in [0.1, 0.15) is 32.6 Å². The summed E-state index contributed by atoms with van der Waals surface area (Å²) < 4.78 is 1.68. The van der Waals surface area contributed by atoms with Gasteiger partial charge in [-0.05, 0) is 44.2 Å². The average Bonchev–Trinajstić information content (AvgIpc) is 3.15. The molecular weight excluding hydrogens is 306 g/mol. The van der Waals surface area contributed by atoms with E-state index in [-0.39, 0.29) is 11.8 Å². The van der Waals surface area contributed by atoms with Crippen molar-refractivity contribution in [3.05, 3.63) is 12.4 Å². The van der Waals surface area contributed by atoms with Gasteiger partial charge in [0.2, 0.25) is 11.8 Å². The van der Waals surface area contributed by atoms with Gasteiger partial charge in [0.25, 0.3) is 0 Å². The molecule has 3 heterocycles. The zero-order valence-corrected chi connectivity index (χ0v) is 14.5. The maximum atomic E-state index is 12.5. The summed E-state index contributed by atoms with van der Waals surface area (Å²) in [6.45, 7) is 4.85. The lowest BCUT2D eigenvalue weighted by molar-refractivity contribution is -0.127. The summed E-state index contributed by atoms with van der Waals surface area (Å²) in [6, 6.07) is -0.405. The standard InChI is InChI=1S/C17H27N5O2/c1-12(13-3-6-18-7-4-13)9-16(23)20-15-5-8-22(17(15)24)14-10-19-21(2)11-14/h10-13,15,18H,3-9H2,1-2H3,(H,20,23). The van der Waals surface area contributed by atoms with Crippen molar-refractivity contribution in [2.45, 2.75) is 38.6 Å². The SMILES string of the molecule is CC(CC(=O)NC1CCN(c2cnn(C)c2)C1=O)C1CCNCC1. The highest BCUT2D eigenvalue weighted by Crippen LogP contribution is 2.25. The number of hydrogen-bond donors (Lipinski definition) is 2. The van der Waals surface area contributed by atoms with Crippen molar-refractivity contribution in [1.82, 2.24) is 20.4 Å². The fraction of sp³-hybridized carbons (Fsp3) is 0.706. The number of aromatic nitrogens is 2. The summed E-state index contributed by atoms with van der Waals surface area (Å²) in [5.41, 5.74) is 0.794. The molecule has 2 unspecified atom stereocenters. The second-order valence-electron chi connectivity index (χ2n) is 7.04. The first-order chi connectivity index (χ1) is 11.5. The predicted octanol–water partition coefficient (Wildman–Crippen LogP) is 0.667. The molecule has 3 rings (SSSR count). The largest absolute Gasteiger partial charge is 0.344 e. The van der Waals surface area contributed by atoms with Crippen molar-refractivity contribution < 1.29 is 9.59 Å². The van der Waals surface area contributed by atoms with E-state index in [2.05, 4.69) is 22.7 Å². The molecule has 1 aromatic heterocycles. The van der Waals surface area contributed by atoms with Crippen LogP contribution in [0.4, 0.5) is 5.69 Å². The van der Waals surface area contributed by atoms with Crippen molar-refractivity contribution in [3.63, 3.8) is 0 Å². The van der Waals surface area contributed by atoms with Crippen molar-refractivity contribution in [3.8, 4) is 0 Å². The number of aryl methyl sites for hydroxylation is 1. The Morgan fingerprint density at radius 3 is 2.83 bits per heavy atom. The topological polar surface area (TPSA) is 79.3 Å². The molecule has 2 aliphatic rings. The van der Waals surface area contributed by atoms with E-state index < -0.39 is 6.04 Å². The van der Waals surface area contributed by atoms with E-state index in [9.17, 15) is 9.59 Å². The molecule has 2 amide bonds. The van der Waals surface area contributed by atoms with Gasteiger partial charge >= 0.3 is 0 Å². The zero-order chi connectivity index (χ0) is 17.1. The summed E-state index contributed by atoms with van der Waals surface area (Å²) in [5, 5.41) is 10.4. The molecule has 0 bridgehead atoms. The molecule has 132 valence electrons. The van der Waals surface area contributed by atoms with Gasteiger partial charge in [-0.25, -0.2) is 0 Å². The lowest BCUT2D eigenvalue weighted by atomic mass is 9.84. The number of nitrogens with one attached hydrogen (secondary N) is 2. The van der Waals surface area contributed by atoms with Gasteiger partial charge in [0, 0.05) is 26.2 Å². The maximum absolute atomic E-state index is 12.5. The molecule has 2 saturated heterocycles. The van der Waals surface area contributed by atoms with Crippen LogP contribution < -0.4 is 15.5 Å². The molecule has 0 radical (unpaired) electrons. The van der Waals surface area contributed by atoms with Crippen LogP contribution in [-0.4, -0.2) is 47.3 Å². The first-order valence-corrected chi connectivity index (χ1v) is 8.84. The number of rotatable bonds is 5. The van der Waals surface area contributed by atoms with Crippen molar-refractivity contribution >= 4 is 17.5 Å². The lowest BCUT2D eigenvalue weighted by Crippen LogP contribution is -2.42. The van der Waals surface area contributed by atoms with Gasteiger partial charge in [0.05, 0.1) is 11.9 Å². The summed E-state index contributed by atoms with van der Waals surface area (Å²) in [5.74, 6) is 0.916. The predicted molar refractivity (Wildman–Crippen MR) is 91.5 cm³/mol. The number of hydrogen-bond acceptors (Lipinski definition) is 4. The van der Waals surface area contributed by atoms with Gasteiger partial charge in [-0.15, -0.1) is 0 Å². The minimum atomic E-state index is -0.405. The minimum Gasteiger partial charge on any atom is -0.344 e. The Kier molecular flexibility index (Phi) is 5.18. The first kappa shape index (κ1) is 17.0. The number of piperidine rings is 1. The van der Waals surface area contributed by atoms with Crippen LogP contribution in [0, 0.1) is 11.8 Å². The highest BCUT2D eigenvalue weighted by molar-refractivity contribution is 6.01. The number of anilines is 1. The molecule has 0 aromatic carbocycles. The van der Waals surface area contributed by atoms with Gasteiger partial charge in [-0.3, -0.25) is 14.3 Å². The van der Waals surface area contributed by atoms with E-state index >= 15 is 0 Å². The summed E-state index contributed by atoms with van der Waals surface area (Å²) in [6.07, 6.45) is 6.92. The first-order valence-electron chi connectivity index (χ1n) is 8.84. The average molecular weight is 333 g/mol. The highest BCUT2D eigenvalue weighted by atomic mass is 16.2. The number of carbonyl (C=O) groups excluding carboxylic acids is 2. The molecule has 0 spiro atoms. The number of carbonyl (C=O) groups is 2. The Morgan fingerprint density at radius 2 is 2.17 bits per heavy atom.